The van der Waals surface area contributed by atoms with Gasteiger partial charge in [0.05, 0.1) is 18.4 Å². The van der Waals surface area contributed by atoms with Crippen LogP contribution in [0.15, 0.2) is 12.4 Å². The van der Waals surface area contributed by atoms with Gasteiger partial charge < -0.3 is 10.2 Å². The van der Waals surface area contributed by atoms with Gasteiger partial charge in [0.15, 0.2) is 0 Å². The Bertz CT molecular complexity index is 446. The van der Waals surface area contributed by atoms with Crippen molar-refractivity contribution in [1.29, 1.82) is 0 Å². The standard InChI is InChI=1S/C15H22N4/c1-4-7-19(11-13-5-6-13)15-10-16-8-14(18-15)9-17-12(2)3/h1,8,10,12-13,17H,5-7,9,11H2,2-3H3. The molecule has 1 aromatic heterocycles. The minimum atomic E-state index is 0.443. The summed E-state index contributed by atoms with van der Waals surface area (Å²) >= 11 is 0. The highest BCUT2D eigenvalue weighted by molar-refractivity contribution is 5.38. The maximum absolute atomic E-state index is 5.45. The lowest BCUT2D eigenvalue weighted by Crippen LogP contribution is -2.28. The van der Waals surface area contributed by atoms with Crippen LogP contribution in [0, 0.1) is 18.3 Å². The molecule has 0 saturated heterocycles. The molecule has 2 rings (SSSR count). The smallest absolute Gasteiger partial charge is 0.148 e. The molecule has 1 saturated carbocycles. The fraction of sp³-hybridized carbons (Fsp3) is 0.600. The van der Waals surface area contributed by atoms with E-state index < -0.39 is 0 Å². The topological polar surface area (TPSA) is 41.1 Å². The number of nitrogens with one attached hydrogen (secondary N) is 1. The highest BCUT2D eigenvalue weighted by atomic mass is 15.2. The van der Waals surface area contributed by atoms with Crippen molar-refractivity contribution in [2.45, 2.75) is 39.3 Å². The van der Waals surface area contributed by atoms with E-state index in [0.29, 0.717) is 12.6 Å². The predicted octanol–water partition coefficient (Wildman–Crippen LogP) is 1.82. The fourth-order valence-electron chi connectivity index (χ4n) is 1.90. The summed E-state index contributed by atoms with van der Waals surface area (Å²) in [6, 6.07) is 0.443. The third-order valence-electron chi connectivity index (χ3n) is 3.14. The van der Waals surface area contributed by atoms with Crippen molar-refractivity contribution in [3.8, 4) is 12.3 Å². The maximum atomic E-state index is 5.45. The molecule has 0 unspecified atom stereocenters. The van der Waals surface area contributed by atoms with E-state index in [1.807, 2.05) is 6.20 Å². The number of terminal acetylenes is 1. The van der Waals surface area contributed by atoms with E-state index in [1.54, 1.807) is 6.20 Å². The highest BCUT2D eigenvalue weighted by Crippen LogP contribution is 2.30. The van der Waals surface area contributed by atoms with Crippen molar-refractivity contribution in [2.24, 2.45) is 5.92 Å². The lowest BCUT2D eigenvalue weighted by Gasteiger charge is -2.21. The number of nitrogens with zero attached hydrogens (tertiary/aromatic N) is 3. The molecule has 19 heavy (non-hydrogen) atoms. The van der Waals surface area contributed by atoms with Crippen LogP contribution < -0.4 is 10.2 Å². The van der Waals surface area contributed by atoms with Crippen molar-refractivity contribution in [1.82, 2.24) is 15.3 Å². The van der Waals surface area contributed by atoms with Crippen LogP contribution >= 0.6 is 0 Å². The number of anilines is 1. The van der Waals surface area contributed by atoms with Gasteiger partial charge in [0, 0.05) is 25.3 Å². The largest absolute Gasteiger partial charge is 0.344 e. The first-order valence-electron chi connectivity index (χ1n) is 6.91. The van der Waals surface area contributed by atoms with Gasteiger partial charge in [-0.2, -0.15) is 0 Å². The summed E-state index contributed by atoms with van der Waals surface area (Å²) in [5.41, 5.74) is 0.962. The summed E-state index contributed by atoms with van der Waals surface area (Å²) in [6.45, 7) is 6.59. The first-order valence-corrected chi connectivity index (χ1v) is 6.91. The van der Waals surface area contributed by atoms with E-state index in [4.69, 9.17) is 6.42 Å². The number of rotatable bonds is 7. The molecule has 0 radical (unpaired) electrons. The quantitative estimate of drug-likeness (QED) is 0.758. The van der Waals surface area contributed by atoms with Gasteiger partial charge in [-0.1, -0.05) is 19.8 Å². The highest BCUT2D eigenvalue weighted by Gasteiger charge is 2.24. The van der Waals surface area contributed by atoms with Crippen molar-refractivity contribution in [2.75, 3.05) is 18.0 Å². The van der Waals surface area contributed by atoms with E-state index in [2.05, 4.69) is 40.0 Å². The Balaban J connectivity index is 2.03. The lowest BCUT2D eigenvalue weighted by molar-refractivity contribution is 0.579. The normalized spacial score (nSPS) is 14.4. The molecule has 1 aliphatic carbocycles. The second kappa shape index (κ2) is 6.53. The molecule has 0 aliphatic heterocycles. The molecule has 1 aliphatic rings. The van der Waals surface area contributed by atoms with Gasteiger partial charge in [0.1, 0.15) is 5.82 Å². The molecule has 1 fully saturated rings. The lowest BCUT2D eigenvalue weighted by atomic mass is 10.3. The zero-order valence-corrected chi connectivity index (χ0v) is 11.8. The Morgan fingerprint density at radius 3 is 2.89 bits per heavy atom. The van der Waals surface area contributed by atoms with Crippen LogP contribution in [-0.4, -0.2) is 29.1 Å². The van der Waals surface area contributed by atoms with Crippen LogP contribution in [0.3, 0.4) is 0 Å². The first kappa shape index (κ1) is 13.8. The molecule has 0 aromatic carbocycles. The van der Waals surface area contributed by atoms with Crippen molar-refractivity contribution < 1.29 is 0 Å². The zero-order valence-electron chi connectivity index (χ0n) is 11.8. The van der Waals surface area contributed by atoms with Crippen LogP contribution in [0.25, 0.3) is 0 Å². The van der Waals surface area contributed by atoms with Gasteiger partial charge in [0.2, 0.25) is 0 Å². The Kier molecular flexibility index (Phi) is 4.75. The third-order valence-corrected chi connectivity index (χ3v) is 3.14. The van der Waals surface area contributed by atoms with Crippen LogP contribution in [-0.2, 0) is 6.54 Å². The Labute approximate surface area is 115 Å². The molecular weight excluding hydrogens is 236 g/mol. The SMILES string of the molecule is C#CCN(CC1CC1)c1cncc(CNC(C)C)n1. The number of hydrogen-bond acceptors (Lipinski definition) is 4. The van der Waals surface area contributed by atoms with Gasteiger partial charge in [-0.15, -0.1) is 6.42 Å². The molecule has 1 N–H and O–H groups in total. The molecule has 0 bridgehead atoms. The van der Waals surface area contributed by atoms with Crippen molar-refractivity contribution >= 4 is 5.82 Å². The Morgan fingerprint density at radius 1 is 1.47 bits per heavy atom. The summed E-state index contributed by atoms with van der Waals surface area (Å²) in [6.07, 6.45) is 11.7. The monoisotopic (exact) mass is 258 g/mol. The van der Waals surface area contributed by atoms with Crippen LogP contribution in [0.4, 0.5) is 5.82 Å². The van der Waals surface area contributed by atoms with Crippen LogP contribution in [0.5, 0.6) is 0 Å². The van der Waals surface area contributed by atoms with Gasteiger partial charge in [0.25, 0.3) is 0 Å². The average Bonchev–Trinajstić information content (AvgIpc) is 3.20. The molecule has 1 aromatic rings. The zero-order chi connectivity index (χ0) is 13.7. The van der Waals surface area contributed by atoms with Crippen LogP contribution in [0.1, 0.15) is 32.4 Å². The summed E-state index contributed by atoms with van der Waals surface area (Å²) in [7, 11) is 0. The van der Waals surface area contributed by atoms with Gasteiger partial charge >= 0.3 is 0 Å². The van der Waals surface area contributed by atoms with Crippen LogP contribution in [0.2, 0.25) is 0 Å². The Morgan fingerprint density at radius 2 is 2.26 bits per heavy atom. The van der Waals surface area contributed by atoms with E-state index in [1.165, 1.54) is 12.8 Å². The maximum Gasteiger partial charge on any atom is 0.148 e. The Hall–Kier alpha value is -1.60. The molecule has 0 amide bonds. The number of aromatic nitrogens is 2. The molecule has 0 spiro atoms. The van der Waals surface area contributed by atoms with Gasteiger partial charge in [-0.3, -0.25) is 4.98 Å². The fourth-order valence-corrected chi connectivity index (χ4v) is 1.90. The molecule has 1 heterocycles. The molecule has 0 atom stereocenters. The second-order valence-corrected chi connectivity index (χ2v) is 5.43. The molecule has 4 nitrogen and oxygen atoms in total. The van der Waals surface area contributed by atoms with E-state index in [-0.39, 0.29) is 0 Å². The van der Waals surface area contributed by atoms with E-state index >= 15 is 0 Å². The van der Waals surface area contributed by atoms with Crippen molar-refractivity contribution in [3.05, 3.63) is 18.1 Å². The summed E-state index contributed by atoms with van der Waals surface area (Å²) < 4.78 is 0. The minimum Gasteiger partial charge on any atom is -0.344 e. The van der Waals surface area contributed by atoms with E-state index in [9.17, 15) is 0 Å². The summed E-state index contributed by atoms with van der Waals surface area (Å²) in [5, 5.41) is 3.35. The molecule has 4 heteroatoms. The van der Waals surface area contributed by atoms with Crippen molar-refractivity contribution in [3.63, 3.8) is 0 Å². The summed E-state index contributed by atoms with van der Waals surface area (Å²) in [5.74, 6) is 4.39. The molecular formula is C15H22N4. The minimum absolute atomic E-state index is 0.443. The van der Waals surface area contributed by atoms with Gasteiger partial charge in [-0.25, -0.2) is 4.98 Å². The second-order valence-electron chi connectivity index (χ2n) is 5.43. The first-order chi connectivity index (χ1) is 9.19. The van der Waals surface area contributed by atoms with Gasteiger partial charge in [-0.05, 0) is 18.8 Å². The third kappa shape index (κ3) is 4.53. The average molecular weight is 258 g/mol. The summed E-state index contributed by atoms with van der Waals surface area (Å²) in [4.78, 5) is 11.1. The van der Waals surface area contributed by atoms with E-state index in [0.717, 1.165) is 30.5 Å². The molecule has 102 valence electrons. The number of hydrogen-bond donors (Lipinski definition) is 1. The predicted molar refractivity (Wildman–Crippen MR) is 77.8 cm³/mol.